The van der Waals surface area contributed by atoms with Crippen molar-refractivity contribution in [2.24, 2.45) is 11.8 Å². The molecule has 1 aromatic heterocycles. The molecule has 0 bridgehead atoms. The summed E-state index contributed by atoms with van der Waals surface area (Å²) in [6.45, 7) is 6.73. The number of nitrogens with zero attached hydrogens (tertiary/aromatic N) is 2. The van der Waals surface area contributed by atoms with Crippen molar-refractivity contribution in [3.63, 3.8) is 0 Å². The van der Waals surface area contributed by atoms with Crippen molar-refractivity contribution in [1.82, 2.24) is 9.78 Å². The van der Waals surface area contributed by atoms with E-state index in [1.54, 1.807) is 4.68 Å². The van der Waals surface area contributed by atoms with Crippen LogP contribution in [0.4, 0.5) is 0 Å². The van der Waals surface area contributed by atoms with Gasteiger partial charge in [-0.05, 0) is 25.2 Å². The number of fused-ring (bicyclic) bond motifs is 1. The Morgan fingerprint density at radius 1 is 1.47 bits per heavy atom. The highest BCUT2D eigenvalue weighted by Crippen LogP contribution is 2.31. The second kappa shape index (κ2) is 4.61. The Bertz CT molecular complexity index is 435. The lowest BCUT2D eigenvalue weighted by molar-refractivity contribution is 0.0930. The first-order chi connectivity index (χ1) is 8.04. The van der Waals surface area contributed by atoms with Crippen molar-refractivity contribution in [2.45, 2.75) is 40.2 Å². The van der Waals surface area contributed by atoms with Gasteiger partial charge < -0.3 is 5.11 Å². The molecule has 1 aliphatic rings. The van der Waals surface area contributed by atoms with Gasteiger partial charge in [0.25, 0.3) is 0 Å². The van der Waals surface area contributed by atoms with Crippen LogP contribution in [0.3, 0.4) is 0 Å². The monoisotopic (exact) mass is 236 g/mol. The number of aliphatic hydroxyl groups is 1. The second-order valence-corrected chi connectivity index (χ2v) is 5.19. The van der Waals surface area contributed by atoms with Gasteiger partial charge in [-0.2, -0.15) is 5.10 Å². The summed E-state index contributed by atoms with van der Waals surface area (Å²) in [5.74, 6) is 1.13. The Hall–Kier alpha value is -1.16. The number of hydrogen-bond donors (Lipinski definition) is 1. The number of carbonyl (C=O) groups excluding carboxylic acids is 1. The summed E-state index contributed by atoms with van der Waals surface area (Å²) < 4.78 is 1.80. The molecule has 1 aromatic rings. The molecule has 94 valence electrons. The maximum atomic E-state index is 12.1. The van der Waals surface area contributed by atoms with E-state index in [4.69, 9.17) is 5.11 Å². The molecular formula is C13H20N2O2. The zero-order chi connectivity index (χ0) is 12.6. The predicted octanol–water partition coefficient (Wildman–Crippen LogP) is 1.58. The first-order valence-corrected chi connectivity index (χ1v) is 6.25. The van der Waals surface area contributed by atoms with Crippen LogP contribution < -0.4 is 0 Å². The third kappa shape index (κ3) is 2.14. The number of Topliss-reactive ketones (excluding diaryl/α,β-unsaturated/α-hetero) is 1. The molecule has 1 N–H and O–H groups in total. The van der Waals surface area contributed by atoms with Gasteiger partial charge in [-0.15, -0.1) is 0 Å². The van der Waals surface area contributed by atoms with Gasteiger partial charge in [0.05, 0.1) is 24.4 Å². The minimum atomic E-state index is 0.0636. The molecule has 0 radical (unpaired) electrons. The number of aryl methyl sites for hydroxylation is 1. The van der Waals surface area contributed by atoms with Crippen LogP contribution in [0, 0.1) is 18.8 Å². The van der Waals surface area contributed by atoms with Gasteiger partial charge in [0.2, 0.25) is 0 Å². The lowest BCUT2D eigenvalue weighted by Gasteiger charge is -2.25. The minimum Gasteiger partial charge on any atom is -0.394 e. The van der Waals surface area contributed by atoms with Crippen molar-refractivity contribution >= 4 is 5.78 Å². The van der Waals surface area contributed by atoms with Gasteiger partial charge in [-0.1, -0.05) is 13.8 Å². The second-order valence-electron chi connectivity index (χ2n) is 5.19. The molecule has 17 heavy (non-hydrogen) atoms. The molecule has 0 fully saturated rings. The summed E-state index contributed by atoms with van der Waals surface area (Å²) in [6, 6.07) is 0. The quantitative estimate of drug-likeness (QED) is 0.867. The standard InChI is InChI=1S/C13H20N2O2/c1-8(2)10-6-11-13(12(17)7-10)9(3)14-15(11)4-5-16/h8,10,16H,4-7H2,1-3H3. The average molecular weight is 236 g/mol. The highest BCUT2D eigenvalue weighted by Gasteiger charge is 2.31. The van der Waals surface area contributed by atoms with E-state index in [2.05, 4.69) is 18.9 Å². The van der Waals surface area contributed by atoms with E-state index in [0.29, 0.717) is 24.8 Å². The Kier molecular flexibility index (Phi) is 3.33. The molecule has 1 atom stereocenters. The number of ketones is 1. The molecule has 0 saturated carbocycles. The minimum absolute atomic E-state index is 0.0636. The lowest BCUT2D eigenvalue weighted by atomic mass is 9.79. The van der Waals surface area contributed by atoms with Crippen LogP contribution in [0.25, 0.3) is 0 Å². The fourth-order valence-corrected chi connectivity index (χ4v) is 2.61. The molecule has 0 saturated heterocycles. The predicted molar refractivity (Wildman–Crippen MR) is 65.0 cm³/mol. The smallest absolute Gasteiger partial charge is 0.166 e. The first kappa shape index (κ1) is 12.3. The zero-order valence-corrected chi connectivity index (χ0v) is 10.7. The lowest BCUT2D eigenvalue weighted by Crippen LogP contribution is -2.25. The highest BCUT2D eigenvalue weighted by atomic mass is 16.3. The Labute approximate surface area is 102 Å². The Morgan fingerprint density at radius 2 is 2.18 bits per heavy atom. The number of aromatic nitrogens is 2. The van der Waals surface area contributed by atoms with Gasteiger partial charge in [0, 0.05) is 12.1 Å². The van der Waals surface area contributed by atoms with Gasteiger partial charge in [0.1, 0.15) is 0 Å². The highest BCUT2D eigenvalue weighted by molar-refractivity contribution is 5.99. The van der Waals surface area contributed by atoms with E-state index in [-0.39, 0.29) is 12.4 Å². The van der Waals surface area contributed by atoms with Crippen molar-refractivity contribution in [3.8, 4) is 0 Å². The summed E-state index contributed by atoms with van der Waals surface area (Å²) in [7, 11) is 0. The molecule has 0 aliphatic heterocycles. The molecule has 4 heteroatoms. The van der Waals surface area contributed by atoms with Crippen molar-refractivity contribution < 1.29 is 9.90 Å². The molecule has 1 heterocycles. The van der Waals surface area contributed by atoms with Gasteiger partial charge in [0.15, 0.2) is 5.78 Å². The van der Waals surface area contributed by atoms with E-state index in [1.807, 2.05) is 6.92 Å². The van der Waals surface area contributed by atoms with Crippen LogP contribution in [0.15, 0.2) is 0 Å². The molecule has 1 aliphatic carbocycles. The maximum absolute atomic E-state index is 12.1. The third-order valence-electron chi connectivity index (χ3n) is 3.67. The maximum Gasteiger partial charge on any atom is 0.166 e. The van der Waals surface area contributed by atoms with Crippen LogP contribution in [-0.2, 0) is 13.0 Å². The van der Waals surface area contributed by atoms with E-state index >= 15 is 0 Å². The SMILES string of the molecule is Cc1nn(CCO)c2c1C(=O)CC(C(C)C)C2. The first-order valence-electron chi connectivity index (χ1n) is 6.25. The molecule has 4 nitrogen and oxygen atoms in total. The van der Waals surface area contributed by atoms with Crippen LogP contribution in [-0.4, -0.2) is 27.3 Å². The zero-order valence-electron chi connectivity index (χ0n) is 10.7. The molecule has 2 rings (SSSR count). The summed E-state index contributed by atoms with van der Waals surface area (Å²) in [6.07, 6.45) is 1.54. The number of aliphatic hydroxyl groups excluding tert-OH is 1. The molecule has 1 unspecified atom stereocenters. The van der Waals surface area contributed by atoms with Crippen molar-refractivity contribution in [1.29, 1.82) is 0 Å². The molecule has 0 spiro atoms. The third-order valence-corrected chi connectivity index (χ3v) is 3.67. The number of hydrogen-bond acceptors (Lipinski definition) is 3. The van der Waals surface area contributed by atoms with Gasteiger partial charge in [-0.25, -0.2) is 0 Å². The van der Waals surface area contributed by atoms with Crippen molar-refractivity contribution in [2.75, 3.05) is 6.61 Å². The summed E-state index contributed by atoms with van der Waals surface area (Å²) in [5, 5.41) is 13.4. The van der Waals surface area contributed by atoms with Crippen LogP contribution in [0.2, 0.25) is 0 Å². The van der Waals surface area contributed by atoms with Crippen molar-refractivity contribution in [3.05, 3.63) is 17.0 Å². The van der Waals surface area contributed by atoms with Crippen LogP contribution in [0.5, 0.6) is 0 Å². The molecular weight excluding hydrogens is 216 g/mol. The summed E-state index contributed by atoms with van der Waals surface area (Å²) in [5.41, 5.74) is 2.63. The van der Waals surface area contributed by atoms with E-state index in [1.165, 1.54) is 0 Å². The van der Waals surface area contributed by atoms with Crippen LogP contribution >= 0.6 is 0 Å². The normalized spacial score (nSPS) is 19.8. The van der Waals surface area contributed by atoms with Crippen LogP contribution in [0.1, 0.15) is 42.0 Å². The Balaban J connectivity index is 2.40. The Morgan fingerprint density at radius 3 is 2.76 bits per heavy atom. The fourth-order valence-electron chi connectivity index (χ4n) is 2.61. The van der Waals surface area contributed by atoms with Gasteiger partial charge in [-0.3, -0.25) is 9.48 Å². The largest absolute Gasteiger partial charge is 0.394 e. The summed E-state index contributed by atoms with van der Waals surface area (Å²) >= 11 is 0. The molecule has 0 aromatic carbocycles. The topological polar surface area (TPSA) is 55.1 Å². The fraction of sp³-hybridized carbons (Fsp3) is 0.692. The van der Waals surface area contributed by atoms with E-state index < -0.39 is 0 Å². The van der Waals surface area contributed by atoms with Gasteiger partial charge >= 0.3 is 0 Å². The van der Waals surface area contributed by atoms with E-state index in [0.717, 1.165) is 23.4 Å². The summed E-state index contributed by atoms with van der Waals surface area (Å²) in [4.78, 5) is 12.1. The number of carbonyl (C=O) groups is 1. The molecule has 0 amide bonds. The number of rotatable bonds is 3. The van der Waals surface area contributed by atoms with E-state index in [9.17, 15) is 4.79 Å². The average Bonchev–Trinajstić information content (AvgIpc) is 2.56.